The normalized spacial score (nSPS) is 10.7. The zero-order valence-electron chi connectivity index (χ0n) is 10.9. The van der Waals surface area contributed by atoms with Crippen molar-refractivity contribution < 1.29 is 4.74 Å². The molecule has 0 radical (unpaired) electrons. The van der Waals surface area contributed by atoms with Crippen molar-refractivity contribution in [1.82, 2.24) is 4.98 Å². The van der Waals surface area contributed by atoms with E-state index < -0.39 is 0 Å². The molecule has 0 fully saturated rings. The highest BCUT2D eigenvalue weighted by Crippen LogP contribution is 2.27. The largest absolute Gasteiger partial charge is 0.497 e. The molecule has 0 spiro atoms. The summed E-state index contributed by atoms with van der Waals surface area (Å²) in [5.74, 6) is 1.72. The van der Waals surface area contributed by atoms with Crippen LogP contribution in [-0.2, 0) is 6.54 Å². The third-order valence-corrected chi connectivity index (χ3v) is 4.72. The molecule has 0 aliphatic heterocycles. The summed E-state index contributed by atoms with van der Waals surface area (Å²) >= 11 is 5.19. The fraction of sp³-hybridized carbons (Fsp3) is 0.133. The Morgan fingerprint density at radius 3 is 2.95 bits per heavy atom. The van der Waals surface area contributed by atoms with Crippen LogP contribution in [0.15, 0.2) is 46.4 Å². The van der Waals surface area contributed by atoms with Crippen LogP contribution >= 0.6 is 27.3 Å². The molecule has 0 unspecified atom stereocenters. The zero-order chi connectivity index (χ0) is 13.9. The molecule has 1 N–H and O–H groups in total. The number of hydrogen-bond acceptors (Lipinski definition) is 4. The standard InChI is InChI=1S/C15H13BrN2OS/c1-19-12-3-2-10-4-5-17-15(14(10)7-12)18-8-13-6-11(16)9-20-13/h2-7,9H,8H2,1H3,(H,17,18). The molecule has 2 heterocycles. The molecule has 3 rings (SSSR count). The van der Waals surface area contributed by atoms with Crippen LogP contribution in [0.4, 0.5) is 5.82 Å². The van der Waals surface area contributed by atoms with E-state index in [1.165, 1.54) is 4.88 Å². The SMILES string of the molecule is COc1ccc2ccnc(NCc3cc(Br)cs3)c2c1. The summed E-state index contributed by atoms with van der Waals surface area (Å²) in [5.41, 5.74) is 0. The average Bonchev–Trinajstić information content (AvgIpc) is 2.90. The maximum Gasteiger partial charge on any atom is 0.134 e. The van der Waals surface area contributed by atoms with E-state index in [-0.39, 0.29) is 0 Å². The Labute approximate surface area is 129 Å². The van der Waals surface area contributed by atoms with E-state index in [0.29, 0.717) is 0 Å². The van der Waals surface area contributed by atoms with Gasteiger partial charge in [0.05, 0.1) is 13.7 Å². The van der Waals surface area contributed by atoms with Gasteiger partial charge >= 0.3 is 0 Å². The third-order valence-electron chi connectivity index (χ3n) is 3.03. The zero-order valence-corrected chi connectivity index (χ0v) is 13.3. The number of hydrogen-bond donors (Lipinski definition) is 1. The van der Waals surface area contributed by atoms with Crippen molar-refractivity contribution in [3.63, 3.8) is 0 Å². The number of nitrogens with one attached hydrogen (secondary N) is 1. The molecular formula is C15H13BrN2OS. The van der Waals surface area contributed by atoms with Crippen molar-refractivity contribution in [1.29, 1.82) is 0 Å². The van der Waals surface area contributed by atoms with Crippen LogP contribution in [0.3, 0.4) is 0 Å². The second-order valence-corrected chi connectivity index (χ2v) is 6.24. The molecule has 5 heteroatoms. The molecule has 20 heavy (non-hydrogen) atoms. The maximum absolute atomic E-state index is 5.28. The lowest BCUT2D eigenvalue weighted by Crippen LogP contribution is -2.00. The second-order valence-electron chi connectivity index (χ2n) is 4.33. The number of benzene rings is 1. The van der Waals surface area contributed by atoms with Crippen molar-refractivity contribution in [3.05, 3.63) is 51.3 Å². The van der Waals surface area contributed by atoms with Gasteiger partial charge in [-0.25, -0.2) is 4.98 Å². The first-order valence-electron chi connectivity index (χ1n) is 6.16. The van der Waals surface area contributed by atoms with E-state index in [1.807, 2.05) is 30.5 Å². The molecule has 0 aliphatic rings. The number of rotatable bonds is 4. The Morgan fingerprint density at radius 2 is 2.20 bits per heavy atom. The van der Waals surface area contributed by atoms with Crippen LogP contribution in [0, 0.1) is 0 Å². The fourth-order valence-corrected chi connectivity index (χ4v) is 3.42. The number of aromatic nitrogens is 1. The minimum Gasteiger partial charge on any atom is -0.497 e. The van der Waals surface area contributed by atoms with Gasteiger partial charge in [0.1, 0.15) is 11.6 Å². The predicted molar refractivity (Wildman–Crippen MR) is 87.6 cm³/mol. The van der Waals surface area contributed by atoms with Crippen molar-refractivity contribution in [2.45, 2.75) is 6.54 Å². The minimum absolute atomic E-state index is 0.763. The van der Waals surface area contributed by atoms with Gasteiger partial charge in [0.2, 0.25) is 0 Å². The van der Waals surface area contributed by atoms with Gasteiger partial charge in [0, 0.05) is 26.3 Å². The fourth-order valence-electron chi connectivity index (χ4n) is 2.03. The third kappa shape index (κ3) is 2.78. The quantitative estimate of drug-likeness (QED) is 0.743. The Hall–Kier alpha value is -1.59. The summed E-state index contributed by atoms with van der Waals surface area (Å²) in [6.07, 6.45) is 1.82. The number of anilines is 1. The summed E-state index contributed by atoms with van der Waals surface area (Å²) in [7, 11) is 1.67. The molecule has 0 bridgehead atoms. The molecule has 1 aromatic carbocycles. The van der Waals surface area contributed by atoms with Crippen LogP contribution in [0.25, 0.3) is 10.8 Å². The van der Waals surface area contributed by atoms with Crippen LogP contribution in [0.1, 0.15) is 4.88 Å². The van der Waals surface area contributed by atoms with Gasteiger partial charge in [-0.15, -0.1) is 11.3 Å². The first-order valence-corrected chi connectivity index (χ1v) is 7.83. The molecule has 0 aliphatic carbocycles. The number of thiophene rings is 1. The number of halogens is 1. The lowest BCUT2D eigenvalue weighted by molar-refractivity contribution is 0.415. The van der Waals surface area contributed by atoms with Gasteiger partial charge in [-0.05, 0) is 45.6 Å². The highest BCUT2D eigenvalue weighted by molar-refractivity contribution is 9.10. The Bertz CT molecular complexity index is 742. The minimum atomic E-state index is 0.763. The van der Waals surface area contributed by atoms with Crippen molar-refractivity contribution in [3.8, 4) is 5.75 Å². The van der Waals surface area contributed by atoms with Crippen LogP contribution in [-0.4, -0.2) is 12.1 Å². The summed E-state index contributed by atoms with van der Waals surface area (Å²) < 4.78 is 6.40. The lowest BCUT2D eigenvalue weighted by Gasteiger charge is -2.09. The molecule has 3 nitrogen and oxygen atoms in total. The second kappa shape index (κ2) is 5.81. The van der Waals surface area contributed by atoms with E-state index in [0.717, 1.165) is 33.4 Å². The summed E-state index contributed by atoms with van der Waals surface area (Å²) in [6, 6.07) is 10.1. The number of pyridine rings is 1. The first kappa shape index (κ1) is 13.4. The van der Waals surface area contributed by atoms with Crippen LogP contribution in [0.2, 0.25) is 0 Å². The molecule has 3 aromatic rings. The molecular weight excluding hydrogens is 336 g/mol. The monoisotopic (exact) mass is 348 g/mol. The van der Waals surface area contributed by atoms with E-state index in [1.54, 1.807) is 18.4 Å². The molecule has 0 atom stereocenters. The van der Waals surface area contributed by atoms with E-state index in [2.05, 4.69) is 37.7 Å². The molecule has 0 saturated heterocycles. The van der Waals surface area contributed by atoms with Crippen LogP contribution < -0.4 is 10.1 Å². The number of methoxy groups -OCH3 is 1. The highest BCUT2D eigenvalue weighted by atomic mass is 79.9. The molecule has 102 valence electrons. The summed E-state index contributed by atoms with van der Waals surface area (Å²) in [6.45, 7) is 0.763. The van der Waals surface area contributed by atoms with Crippen molar-refractivity contribution in [2.24, 2.45) is 0 Å². The summed E-state index contributed by atoms with van der Waals surface area (Å²) in [5, 5.41) is 7.69. The Morgan fingerprint density at radius 1 is 1.30 bits per heavy atom. The lowest BCUT2D eigenvalue weighted by atomic mass is 10.1. The van der Waals surface area contributed by atoms with Gasteiger partial charge in [-0.3, -0.25) is 0 Å². The van der Waals surface area contributed by atoms with Gasteiger partial charge in [-0.1, -0.05) is 6.07 Å². The van der Waals surface area contributed by atoms with Gasteiger partial charge in [0.15, 0.2) is 0 Å². The van der Waals surface area contributed by atoms with Crippen LogP contribution in [0.5, 0.6) is 5.75 Å². The van der Waals surface area contributed by atoms with Crippen molar-refractivity contribution in [2.75, 3.05) is 12.4 Å². The number of fused-ring (bicyclic) bond motifs is 1. The van der Waals surface area contributed by atoms with E-state index in [4.69, 9.17) is 4.74 Å². The summed E-state index contributed by atoms with van der Waals surface area (Å²) in [4.78, 5) is 5.69. The Balaban J connectivity index is 1.90. The Kier molecular flexibility index (Phi) is 3.89. The topological polar surface area (TPSA) is 34.1 Å². The first-order chi connectivity index (χ1) is 9.76. The van der Waals surface area contributed by atoms with E-state index >= 15 is 0 Å². The van der Waals surface area contributed by atoms with Gasteiger partial charge < -0.3 is 10.1 Å². The van der Waals surface area contributed by atoms with Gasteiger partial charge in [0.25, 0.3) is 0 Å². The average molecular weight is 349 g/mol. The molecule has 2 aromatic heterocycles. The smallest absolute Gasteiger partial charge is 0.134 e. The molecule has 0 saturated carbocycles. The number of nitrogens with zero attached hydrogens (tertiary/aromatic N) is 1. The van der Waals surface area contributed by atoms with Gasteiger partial charge in [-0.2, -0.15) is 0 Å². The van der Waals surface area contributed by atoms with E-state index in [9.17, 15) is 0 Å². The predicted octanol–water partition coefficient (Wildman–Crippen LogP) is 4.68. The van der Waals surface area contributed by atoms with Crippen molar-refractivity contribution >= 4 is 43.9 Å². The molecule has 0 amide bonds. The maximum atomic E-state index is 5.28. The highest BCUT2D eigenvalue weighted by Gasteiger charge is 2.05. The number of ether oxygens (including phenoxy) is 1.